The van der Waals surface area contributed by atoms with Crippen LogP contribution in [0, 0.1) is 5.82 Å². The summed E-state index contributed by atoms with van der Waals surface area (Å²) in [4.78, 5) is 30.0. The van der Waals surface area contributed by atoms with Gasteiger partial charge in [0.15, 0.2) is 0 Å². The number of nitrogens with zero attached hydrogens (tertiary/aromatic N) is 2. The van der Waals surface area contributed by atoms with E-state index in [2.05, 4.69) is 4.98 Å². The van der Waals surface area contributed by atoms with Crippen LogP contribution in [0.3, 0.4) is 0 Å². The summed E-state index contributed by atoms with van der Waals surface area (Å²) in [6, 6.07) is 5.62. The average Bonchev–Trinajstić information content (AvgIpc) is 2.83. The van der Waals surface area contributed by atoms with E-state index < -0.39 is 23.4 Å². The number of benzene rings is 1. The zero-order valence-electron chi connectivity index (χ0n) is 14.3. The van der Waals surface area contributed by atoms with Gasteiger partial charge < -0.3 is 4.74 Å². The number of carbonyl (C=O) groups excluding carboxylic acids is 2. The number of rotatable bonds is 1. The van der Waals surface area contributed by atoms with Gasteiger partial charge in [0.05, 0.1) is 39.1 Å². The summed E-state index contributed by atoms with van der Waals surface area (Å²) in [6.45, 7) is 4.98. The predicted molar refractivity (Wildman–Crippen MR) is 95.8 cm³/mol. The summed E-state index contributed by atoms with van der Waals surface area (Å²) in [7, 11) is 0. The summed E-state index contributed by atoms with van der Waals surface area (Å²) in [5.74, 6) is -1.16. The standard InChI is InChI=1S/C18H15Cl2FN2O3/c1-18(2,3)26-17(25)23-8-13-15(16(23)24)10(20)7-12(22-13)14-9(19)5-4-6-11(14)21/h4-7H,8H2,1-3H3. The first-order valence-electron chi connectivity index (χ1n) is 7.77. The van der Waals surface area contributed by atoms with E-state index in [0.29, 0.717) is 0 Å². The van der Waals surface area contributed by atoms with Crippen LogP contribution in [0.15, 0.2) is 24.3 Å². The van der Waals surface area contributed by atoms with Crippen LogP contribution >= 0.6 is 23.2 Å². The number of aromatic nitrogens is 1. The minimum absolute atomic E-state index is 0.0698. The van der Waals surface area contributed by atoms with Crippen LogP contribution in [-0.2, 0) is 11.3 Å². The molecule has 1 aliphatic rings. The molecule has 0 saturated heterocycles. The van der Waals surface area contributed by atoms with Gasteiger partial charge in [-0.15, -0.1) is 0 Å². The van der Waals surface area contributed by atoms with Crippen LogP contribution in [0.2, 0.25) is 10.0 Å². The normalized spacial score (nSPS) is 13.8. The highest BCUT2D eigenvalue weighted by Crippen LogP contribution is 2.35. The number of ether oxygens (including phenoxy) is 1. The summed E-state index contributed by atoms with van der Waals surface area (Å²) in [5, 5.41) is 0.238. The number of imide groups is 1. The van der Waals surface area contributed by atoms with Gasteiger partial charge in [0.25, 0.3) is 5.91 Å². The summed E-state index contributed by atoms with van der Waals surface area (Å²) in [6.07, 6.45) is -0.790. The molecule has 2 heterocycles. The zero-order valence-corrected chi connectivity index (χ0v) is 15.8. The Hall–Kier alpha value is -2.18. The molecule has 1 aromatic heterocycles. The number of amides is 2. The largest absolute Gasteiger partial charge is 0.443 e. The molecule has 2 amide bonds. The molecule has 26 heavy (non-hydrogen) atoms. The molecule has 8 heteroatoms. The van der Waals surface area contributed by atoms with Crippen molar-refractivity contribution in [3.63, 3.8) is 0 Å². The highest BCUT2D eigenvalue weighted by atomic mass is 35.5. The van der Waals surface area contributed by atoms with Crippen LogP contribution < -0.4 is 0 Å². The van der Waals surface area contributed by atoms with Gasteiger partial charge in [0.1, 0.15) is 11.4 Å². The number of fused-ring (bicyclic) bond motifs is 1. The number of carbonyl (C=O) groups is 2. The van der Waals surface area contributed by atoms with E-state index >= 15 is 0 Å². The lowest BCUT2D eigenvalue weighted by Gasteiger charge is -2.23. The van der Waals surface area contributed by atoms with Crippen molar-refractivity contribution in [1.29, 1.82) is 0 Å². The number of hydrogen-bond acceptors (Lipinski definition) is 4. The Kier molecular flexibility index (Phi) is 4.67. The maximum atomic E-state index is 14.2. The molecule has 0 saturated carbocycles. The van der Waals surface area contributed by atoms with E-state index in [-0.39, 0.29) is 39.1 Å². The van der Waals surface area contributed by atoms with E-state index in [4.69, 9.17) is 27.9 Å². The smallest absolute Gasteiger partial charge is 0.417 e. The second-order valence-corrected chi connectivity index (χ2v) is 7.59. The number of halogens is 3. The van der Waals surface area contributed by atoms with E-state index in [0.717, 1.165) is 4.90 Å². The topological polar surface area (TPSA) is 59.5 Å². The zero-order chi connectivity index (χ0) is 19.2. The highest BCUT2D eigenvalue weighted by molar-refractivity contribution is 6.35. The fourth-order valence-electron chi connectivity index (χ4n) is 2.60. The van der Waals surface area contributed by atoms with Gasteiger partial charge in [-0.3, -0.25) is 4.79 Å². The monoisotopic (exact) mass is 396 g/mol. The minimum Gasteiger partial charge on any atom is -0.443 e. The summed E-state index contributed by atoms with van der Waals surface area (Å²) < 4.78 is 19.4. The van der Waals surface area contributed by atoms with Crippen molar-refractivity contribution < 1.29 is 18.7 Å². The van der Waals surface area contributed by atoms with Crippen molar-refractivity contribution >= 4 is 35.2 Å². The molecule has 2 aromatic rings. The van der Waals surface area contributed by atoms with Crippen molar-refractivity contribution in [2.45, 2.75) is 32.9 Å². The fraction of sp³-hybridized carbons (Fsp3) is 0.278. The Morgan fingerprint density at radius 1 is 1.23 bits per heavy atom. The quantitative estimate of drug-likeness (QED) is 0.673. The predicted octanol–water partition coefficient (Wildman–Crippen LogP) is 5.09. The minimum atomic E-state index is -0.790. The van der Waals surface area contributed by atoms with Crippen molar-refractivity contribution in [2.24, 2.45) is 0 Å². The third kappa shape index (κ3) is 3.39. The molecule has 0 bridgehead atoms. The molecule has 1 aliphatic heterocycles. The fourth-order valence-corrected chi connectivity index (χ4v) is 3.15. The second-order valence-electron chi connectivity index (χ2n) is 6.78. The van der Waals surface area contributed by atoms with E-state index in [1.165, 1.54) is 24.3 Å². The van der Waals surface area contributed by atoms with Gasteiger partial charge in [0, 0.05) is 0 Å². The van der Waals surface area contributed by atoms with Crippen molar-refractivity contribution in [2.75, 3.05) is 0 Å². The Balaban J connectivity index is 2.01. The Morgan fingerprint density at radius 3 is 2.54 bits per heavy atom. The molecule has 1 aromatic carbocycles. The first kappa shape index (κ1) is 18.6. The van der Waals surface area contributed by atoms with Gasteiger partial charge in [-0.2, -0.15) is 0 Å². The molecule has 0 aliphatic carbocycles. The highest BCUT2D eigenvalue weighted by Gasteiger charge is 2.38. The van der Waals surface area contributed by atoms with Crippen LogP contribution in [0.1, 0.15) is 36.8 Å². The van der Waals surface area contributed by atoms with Crippen LogP contribution in [0.25, 0.3) is 11.3 Å². The Labute approximate surface area is 159 Å². The van der Waals surface area contributed by atoms with Gasteiger partial charge in [-0.05, 0) is 39.0 Å². The molecule has 136 valence electrons. The second kappa shape index (κ2) is 6.52. The molecule has 0 unspecified atom stereocenters. The van der Waals surface area contributed by atoms with Crippen molar-refractivity contribution in [1.82, 2.24) is 9.88 Å². The lowest BCUT2D eigenvalue weighted by Crippen LogP contribution is -2.36. The summed E-state index contributed by atoms with van der Waals surface area (Å²) in [5.41, 5.74) is -0.107. The molecule has 0 atom stereocenters. The Bertz CT molecular complexity index is 905. The first-order chi connectivity index (χ1) is 12.1. The van der Waals surface area contributed by atoms with Gasteiger partial charge in [0.2, 0.25) is 0 Å². The molecule has 0 fully saturated rings. The van der Waals surface area contributed by atoms with Crippen molar-refractivity contribution in [3.05, 3.63) is 51.4 Å². The Morgan fingerprint density at radius 2 is 1.92 bits per heavy atom. The van der Waals surface area contributed by atoms with E-state index in [9.17, 15) is 14.0 Å². The third-order valence-electron chi connectivity index (χ3n) is 3.65. The van der Waals surface area contributed by atoms with E-state index in [1.807, 2.05) is 0 Å². The van der Waals surface area contributed by atoms with Crippen molar-refractivity contribution in [3.8, 4) is 11.3 Å². The third-order valence-corrected chi connectivity index (χ3v) is 4.26. The molecular formula is C18H15Cl2FN2O3. The summed E-state index contributed by atoms with van der Waals surface area (Å²) >= 11 is 12.3. The maximum Gasteiger partial charge on any atom is 0.417 e. The van der Waals surface area contributed by atoms with Crippen LogP contribution in [-0.4, -0.2) is 27.5 Å². The van der Waals surface area contributed by atoms with Gasteiger partial charge in [-0.25, -0.2) is 19.1 Å². The number of pyridine rings is 1. The lowest BCUT2D eigenvalue weighted by molar-refractivity contribution is 0.0247. The molecule has 0 spiro atoms. The van der Waals surface area contributed by atoms with Gasteiger partial charge in [-0.1, -0.05) is 29.3 Å². The molecular weight excluding hydrogens is 382 g/mol. The van der Waals surface area contributed by atoms with Crippen LogP contribution in [0.4, 0.5) is 9.18 Å². The van der Waals surface area contributed by atoms with E-state index in [1.54, 1.807) is 20.8 Å². The molecule has 0 N–H and O–H groups in total. The van der Waals surface area contributed by atoms with Gasteiger partial charge >= 0.3 is 6.09 Å². The maximum absolute atomic E-state index is 14.2. The van der Waals surface area contributed by atoms with Crippen LogP contribution in [0.5, 0.6) is 0 Å². The lowest BCUT2D eigenvalue weighted by atomic mass is 10.1. The SMILES string of the molecule is CC(C)(C)OC(=O)N1Cc2nc(-c3c(F)cccc3Cl)cc(Cl)c2C1=O. The number of hydrogen-bond donors (Lipinski definition) is 0. The average molecular weight is 397 g/mol. The molecule has 0 radical (unpaired) electrons. The first-order valence-corrected chi connectivity index (χ1v) is 8.52. The molecule has 3 rings (SSSR count). The molecule has 5 nitrogen and oxygen atoms in total.